The second-order valence-electron chi connectivity index (χ2n) is 6.79. The van der Waals surface area contributed by atoms with Crippen LogP contribution in [-0.4, -0.2) is 31.0 Å². The van der Waals surface area contributed by atoms with Gasteiger partial charge in [-0.25, -0.2) is 8.78 Å². The molecule has 0 aromatic heterocycles. The molecule has 27 heavy (non-hydrogen) atoms. The lowest BCUT2D eigenvalue weighted by Gasteiger charge is -2.23. The van der Waals surface area contributed by atoms with Gasteiger partial charge in [0.25, 0.3) is 0 Å². The number of hydrogen-bond donors (Lipinski definition) is 2. The Morgan fingerprint density at radius 2 is 1.63 bits per heavy atom. The van der Waals surface area contributed by atoms with Crippen molar-refractivity contribution in [3.05, 3.63) is 70.8 Å². The molecule has 0 radical (unpaired) electrons. The number of guanidine groups is 1. The Morgan fingerprint density at radius 1 is 1.00 bits per heavy atom. The van der Waals surface area contributed by atoms with Gasteiger partial charge in [-0.2, -0.15) is 0 Å². The van der Waals surface area contributed by atoms with Crippen molar-refractivity contribution in [1.82, 2.24) is 15.5 Å². The standard InChI is InChI=1S/C21H28F2N4/c1-15(2)27(4)14-17-8-6-5-7-16(17)12-25-21(24-3)26-13-18-11-19(22)9-10-20(18)23/h5-11,15H,12-14H2,1-4H3,(H2,24,25,26). The first-order chi connectivity index (χ1) is 12.9. The van der Waals surface area contributed by atoms with E-state index in [4.69, 9.17) is 0 Å². The first-order valence-electron chi connectivity index (χ1n) is 9.06. The fourth-order valence-electron chi connectivity index (χ4n) is 2.59. The molecular formula is C21H28F2N4. The summed E-state index contributed by atoms with van der Waals surface area (Å²) in [6, 6.07) is 12.1. The van der Waals surface area contributed by atoms with Gasteiger partial charge in [0.2, 0.25) is 0 Å². The van der Waals surface area contributed by atoms with Crippen LogP contribution in [0.25, 0.3) is 0 Å². The van der Waals surface area contributed by atoms with Crippen molar-refractivity contribution in [2.75, 3.05) is 14.1 Å². The Balaban J connectivity index is 1.97. The van der Waals surface area contributed by atoms with Crippen LogP contribution in [0.4, 0.5) is 8.78 Å². The van der Waals surface area contributed by atoms with Crippen LogP contribution in [0.2, 0.25) is 0 Å². The molecule has 146 valence electrons. The largest absolute Gasteiger partial charge is 0.352 e. The molecule has 0 spiro atoms. The number of nitrogens with zero attached hydrogens (tertiary/aromatic N) is 2. The molecule has 0 aliphatic heterocycles. The topological polar surface area (TPSA) is 39.7 Å². The number of halogens is 2. The van der Waals surface area contributed by atoms with Gasteiger partial charge in [0.15, 0.2) is 5.96 Å². The molecule has 2 N–H and O–H groups in total. The molecule has 2 aromatic carbocycles. The van der Waals surface area contributed by atoms with E-state index in [1.165, 1.54) is 17.2 Å². The minimum atomic E-state index is -0.459. The smallest absolute Gasteiger partial charge is 0.191 e. The number of hydrogen-bond acceptors (Lipinski definition) is 2. The van der Waals surface area contributed by atoms with E-state index in [9.17, 15) is 8.78 Å². The number of benzene rings is 2. The molecule has 0 atom stereocenters. The normalized spacial score (nSPS) is 11.9. The molecule has 0 fully saturated rings. The van der Waals surface area contributed by atoms with E-state index in [1.807, 2.05) is 12.1 Å². The van der Waals surface area contributed by atoms with Crippen LogP contribution in [0.3, 0.4) is 0 Å². The third-order valence-corrected chi connectivity index (χ3v) is 4.54. The van der Waals surface area contributed by atoms with Gasteiger partial charge in [-0.1, -0.05) is 24.3 Å². The summed E-state index contributed by atoms with van der Waals surface area (Å²) in [5, 5.41) is 6.26. The van der Waals surface area contributed by atoms with Gasteiger partial charge < -0.3 is 10.6 Å². The van der Waals surface area contributed by atoms with Crippen molar-refractivity contribution in [3.63, 3.8) is 0 Å². The fourth-order valence-corrected chi connectivity index (χ4v) is 2.59. The average molecular weight is 374 g/mol. The predicted molar refractivity (Wildman–Crippen MR) is 106 cm³/mol. The molecule has 0 unspecified atom stereocenters. The molecule has 0 saturated carbocycles. The minimum Gasteiger partial charge on any atom is -0.352 e. The van der Waals surface area contributed by atoms with Crippen molar-refractivity contribution >= 4 is 5.96 Å². The molecule has 0 heterocycles. The number of nitrogens with one attached hydrogen (secondary N) is 2. The lowest BCUT2D eigenvalue weighted by molar-refractivity contribution is 0.265. The maximum atomic E-state index is 13.7. The molecule has 0 aliphatic carbocycles. The number of aliphatic imine (C=N–C) groups is 1. The second-order valence-corrected chi connectivity index (χ2v) is 6.79. The van der Waals surface area contributed by atoms with Crippen molar-refractivity contribution in [3.8, 4) is 0 Å². The molecule has 0 amide bonds. The fraction of sp³-hybridized carbons (Fsp3) is 0.381. The third-order valence-electron chi connectivity index (χ3n) is 4.54. The van der Waals surface area contributed by atoms with Crippen LogP contribution in [0.1, 0.15) is 30.5 Å². The highest BCUT2D eigenvalue weighted by atomic mass is 19.1. The first kappa shape index (κ1) is 20.8. The van der Waals surface area contributed by atoms with E-state index in [0.717, 1.165) is 18.7 Å². The van der Waals surface area contributed by atoms with Gasteiger partial charge in [0, 0.05) is 38.3 Å². The Bertz CT molecular complexity index is 775. The van der Waals surface area contributed by atoms with Crippen molar-refractivity contribution in [2.24, 2.45) is 4.99 Å². The second kappa shape index (κ2) is 10.0. The van der Waals surface area contributed by atoms with Gasteiger partial charge >= 0.3 is 0 Å². The quantitative estimate of drug-likeness (QED) is 0.574. The summed E-state index contributed by atoms with van der Waals surface area (Å²) in [6.45, 7) is 5.93. The van der Waals surface area contributed by atoms with Gasteiger partial charge in [0.05, 0.1) is 0 Å². The van der Waals surface area contributed by atoms with Gasteiger partial charge in [-0.15, -0.1) is 0 Å². The number of rotatable bonds is 7. The van der Waals surface area contributed by atoms with E-state index in [-0.39, 0.29) is 12.1 Å². The molecule has 0 aliphatic rings. The van der Waals surface area contributed by atoms with Crippen LogP contribution in [-0.2, 0) is 19.6 Å². The van der Waals surface area contributed by atoms with E-state index < -0.39 is 11.6 Å². The summed E-state index contributed by atoms with van der Waals surface area (Å²) in [4.78, 5) is 6.43. The molecule has 0 saturated heterocycles. The van der Waals surface area contributed by atoms with E-state index in [0.29, 0.717) is 18.5 Å². The van der Waals surface area contributed by atoms with Crippen LogP contribution in [0.15, 0.2) is 47.5 Å². The van der Waals surface area contributed by atoms with E-state index in [1.54, 1.807) is 7.05 Å². The maximum absolute atomic E-state index is 13.7. The molecule has 0 bridgehead atoms. The summed E-state index contributed by atoms with van der Waals surface area (Å²) >= 11 is 0. The average Bonchev–Trinajstić information content (AvgIpc) is 2.65. The zero-order valence-electron chi connectivity index (χ0n) is 16.4. The van der Waals surface area contributed by atoms with E-state index >= 15 is 0 Å². The predicted octanol–water partition coefficient (Wildman–Crippen LogP) is 3.67. The molecule has 2 rings (SSSR count). The summed E-state index contributed by atoms with van der Waals surface area (Å²) in [5.41, 5.74) is 2.68. The van der Waals surface area contributed by atoms with Crippen molar-refractivity contribution < 1.29 is 8.78 Å². The summed E-state index contributed by atoms with van der Waals surface area (Å²) in [6.07, 6.45) is 0. The van der Waals surface area contributed by atoms with Crippen LogP contribution in [0, 0.1) is 11.6 Å². The summed E-state index contributed by atoms with van der Waals surface area (Å²) in [5.74, 6) is -0.369. The van der Waals surface area contributed by atoms with Gasteiger partial charge in [-0.3, -0.25) is 9.89 Å². The lowest BCUT2D eigenvalue weighted by Crippen LogP contribution is -2.37. The highest BCUT2D eigenvalue weighted by molar-refractivity contribution is 5.79. The van der Waals surface area contributed by atoms with Crippen LogP contribution < -0.4 is 10.6 Å². The zero-order valence-corrected chi connectivity index (χ0v) is 16.4. The Morgan fingerprint density at radius 3 is 2.26 bits per heavy atom. The van der Waals surface area contributed by atoms with Crippen molar-refractivity contribution in [1.29, 1.82) is 0 Å². The molecule has 4 nitrogen and oxygen atoms in total. The summed E-state index contributed by atoms with van der Waals surface area (Å²) in [7, 11) is 3.75. The van der Waals surface area contributed by atoms with Gasteiger partial charge in [0.1, 0.15) is 11.6 Å². The summed E-state index contributed by atoms with van der Waals surface area (Å²) < 4.78 is 27.0. The maximum Gasteiger partial charge on any atom is 0.191 e. The van der Waals surface area contributed by atoms with E-state index in [2.05, 4.69) is 53.6 Å². The Labute approximate surface area is 160 Å². The SMILES string of the molecule is CN=C(NCc1cc(F)ccc1F)NCc1ccccc1CN(C)C(C)C. The Kier molecular flexibility index (Phi) is 7.73. The molecule has 2 aromatic rings. The van der Waals surface area contributed by atoms with Gasteiger partial charge in [-0.05, 0) is 50.2 Å². The zero-order chi connectivity index (χ0) is 19.8. The van der Waals surface area contributed by atoms with Crippen LogP contribution >= 0.6 is 0 Å². The Hall–Kier alpha value is -2.47. The monoisotopic (exact) mass is 374 g/mol. The highest BCUT2D eigenvalue weighted by Gasteiger charge is 2.09. The first-order valence-corrected chi connectivity index (χ1v) is 9.06. The van der Waals surface area contributed by atoms with Crippen LogP contribution in [0.5, 0.6) is 0 Å². The molecule has 6 heteroatoms. The minimum absolute atomic E-state index is 0.154. The third kappa shape index (κ3) is 6.32. The molecular weight excluding hydrogens is 346 g/mol. The van der Waals surface area contributed by atoms with Crippen molar-refractivity contribution in [2.45, 2.75) is 39.5 Å². The highest BCUT2D eigenvalue weighted by Crippen LogP contribution is 2.13. The lowest BCUT2D eigenvalue weighted by atomic mass is 10.1.